The standard InChI is InChI=1S/C26H25N5O3S/c1-34-22-15-9-8-14-21(22)24-28-30-26(31(24)17-16-19-10-4-2-5-11-19)35-18-23(32)27-29-25(33)20-12-6-3-7-13-20/h2-15H,16-18H2,1H3,(H,27,32)(H,29,33). The van der Waals surface area contributed by atoms with Crippen LogP contribution >= 0.6 is 11.8 Å². The van der Waals surface area contributed by atoms with Gasteiger partial charge >= 0.3 is 0 Å². The lowest BCUT2D eigenvalue weighted by molar-refractivity contribution is -0.119. The van der Waals surface area contributed by atoms with Crippen LogP contribution in [0.2, 0.25) is 0 Å². The van der Waals surface area contributed by atoms with E-state index >= 15 is 0 Å². The lowest BCUT2D eigenvalue weighted by Crippen LogP contribution is -2.42. The second kappa shape index (κ2) is 11.8. The minimum atomic E-state index is -0.381. The van der Waals surface area contributed by atoms with Crippen LogP contribution < -0.4 is 15.6 Å². The van der Waals surface area contributed by atoms with Crippen molar-refractivity contribution in [3.63, 3.8) is 0 Å². The van der Waals surface area contributed by atoms with E-state index < -0.39 is 0 Å². The Bertz CT molecular complexity index is 1280. The van der Waals surface area contributed by atoms with Crippen molar-refractivity contribution in [1.29, 1.82) is 0 Å². The topological polar surface area (TPSA) is 98.1 Å². The molecule has 35 heavy (non-hydrogen) atoms. The molecule has 3 aromatic carbocycles. The summed E-state index contributed by atoms with van der Waals surface area (Å²) >= 11 is 1.25. The molecule has 9 heteroatoms. The molecule has 1 aromatic heterocycles. The summed E-state index contributed by atoms with van der Waals surface area (Å²) in [6.07, 6.45) is 0.772. The van der Waals surface area contributed by atoms with E-state index in [4.69, 9.17) is 4.74 Å². The van der Waals surface area contributed by atoms with Crippen LogP contribution in [0, 0.1) is 0 Å². The number of amides is 2. The van der Waals surface area contributed by atoms with E-state index in [0.717, 1.165) is 12.0 Å². The van der Waals surface area contributed by atoms with Gasteiger partial charge in [-0.2, -0.15) is 0 Å². The smallest absolute Gasteiger partial charge is 0.269 e. The Morgan fingerprint density at radius 2 is 1.57 bits per heavy atom. The summed E-state index contributed by atoms with van der Waals surface area (Å²) < 4.78 is 7.52. The summed E-state index contributed by atoms with van der Waals surface area (Å²) in [6.45, 7) is 0.624. The molecule has 0 saturated heterocycles. The van der Waals surface area contributed by atoms with Crippen LogP contribution in [0.15, 0.2) is 90.1 Å². The zero-order chi connectivity index (χ0) is 24.5. The van der Waals surface area contributed by atoms with E-state index in [-0.39, 0.29) is 17.6 Å². The van der Waals surface area contributed by atoms with E-state index in [0.29, 0.717) is 28.8 Å². The Morgan fingerprint density at radius 1 is 0.886 bits per heavy atom. The fourth-order valence-corrected chi connectivity index (χ4v) is 4.23. The zero-order valence-corrected chi connectivity index (χ0v) is 20.0. The normalized spacial score (nSPS) is 10.5. The van der Waals surface area contributed by atoms with Crippen LogP contribution in [-0.4, -0.2) is 39.4 Å². The van der Waals surface area contributed by atoms with Crippen molar-refractivity contribution < 1.29 is 14.3 Å². The third-order valence-corrected chi connectivity index (χ3v) is 6.18. The van der Waals surface area contributed by atoms with Gasteiger partial charge in [-0.1, -0.05) is 72.4 Å². The number of thioether (sulfide) groups is 1. The van der Waals surface area contributed by atoms with E-state index in [1.165, 1.54) is 17.3 Å². The van der Waals surface area contributed by atoms with Crippen molar-refractivity contribution in [1.82, 2.24) is 25.6 Å². The van der Waals surface area contributed by atoms with Crippen molar-refractivity contribution in [3.8, 4) is 17.1 Å². The van der Waals surface area contributed by atoms with Gasteiger partial charge in [-0.05, 0) is 36.2 Å². The largest absolute Gasteiger partial charge is 0.496 e. The van der Waals surface area contributed by atoms with Crippen LogP contribution in [0.25, 0.3) is 11.4 Å². The fraction of sp³-hybridized carbons (Fsp3) is 0.154. The molecule has 2 N–H and O–H groups in total. The minimum Gasteiger partial charge on any atom is -0.496 e. The van der Waals surface area contributed by atoms with Gasteiger partial charge in [0, 0.05) is 12.1 Å². The second-order valence-corrected chi connectivity index (χ2v) is 8.49. The number of aryl methyl sites for hydroxylation is 1. The molecule has 178 valence electrons. The Kier molecular flexibility index (Phi) is 8.13. The predicted molar refractivity (Wildman–Crippen MR) is 135 cm³/mol. The highest BCUT2D eigenvalue weighted by Crippen LogP contribution is 2.31. The molecule has 1 heterocycles. The quantitative estimate of drug-likeness (QED) is 0.276. The summed E-state index contributed by atoms with van der Waals surface area (Å²) in [5.74, 6) is 0.686. The highest BCUT2D eigenvalue weighted by molar-refractivity contribution is 7.99. The molecular formula is C26H25N5O3S. The summed E-state index contributed by atoms with van der Waals surface area (Å²) in [6, 6.07) is 26.4. The molecule has 0 unspecified atom stereocenters. The first-order valence-electron chi connectivity index (χ1n) is 11.0. The molecule has 4 aromatic rings. The molecule has 0 atom stereocenters. The molecule has 0 fully saturated rings. The summed E-state index contributed by atoms with van der Waals surface area (Å²) in [7, 11) is 1.62. The molecular weight excluding hydrogens is 462 g/mol. The van der Waals surface area contributed by atoms with E-state index in [9.17, 15) is 9.59 Å². The molecule has 0 saturated carbocycles. The van der Waals surface area contributed by atoms with Crippen molar-refractivity contribution >= 4 is 23.6 Å². The molecule has 0 bridgehead atoms. The first-order chi connectivity index (χ1) is 17.2. The second-order valence-electron chi connectivity index (χ2n) is 7.55. The number of hydrazine groups is 1. The summed E-state index contributed by atoms with van der Waals surface area (Å²) in [5.41, 5.74) is 7.35. The molecule has 0 spiro atoms. The van der Waals surface area contributed by atoms with Crippen LogP contribution in [0.4, 0.5) is 0 Å². The van der Waals surface area contributed by atoms with Gasteiger partial charge in [-0.25, -0.2) is 0 Å². The van der Waals surface area contributed by atoms with Gasteiger partial charge < -0.3 is 9.30 Å². The van der Waals surface area contributed by atoms with Gasteiger partial charge in [0.05, 0.1) is 18.4 Å². The van der Waals surface area contributed by atoms with Gasteiger partial charge in [0.2, 0.25) is 5.91 Å². The minimum absolute atomic E-state index is 0.0600. The Labute approximate surface area is 207 Å². The third kappa shape index (κ3) is 6.27. The number of hydrogen-bond donors (Lipinski definition) is 2. The number of rotatable bonds is 9. The molecule has 0 aliphatic carbocycles. The number of hydrogen-bond acceptors (Lipinski definition) is 6. The molecule has 4 rings (SSSR count). The van der Waals surface area contributed by atoms with Crippen LogP contribution in [0.1, 0.15) is 15.9 Å². The zero-order valence-electron chi connectivity index (χ0n) is 19.2. The molecule has 8 nitrogen and oxygen atoms in total. The van der Waals surface area contributed by atoms with Crippen LogP contribution in [0.3, 0.4) is 0 Å². The van der Waals surface area contributed by atoms with Crippen molar-refractivity contribution in [3.05, 3.63) is 96.1 Å². The molecule has 2 amide bonds. The number of carbonyl (C=O) groups is 2. The third-order valence-electron chi connectivity index (χ3n) is 5.22. The van der Waals surface area contributed by atoms with Crippen LogP contribution in [0.5, 0.6) is 5.75 Å². The monoisotopic (exact) mass is 487 g/mol. The first kappa shape index (κ1) is 24.0. The van der Waals surface area contributed by atoms with Gasteiger partial charge in [-0.3, -0.25) is 20.4 Å². The maximum absolute atomic E-state index is 12.4. The van der Waals surface area contributed by atoms with E-state index in [1.807, 2.05) is 53.1 Å². The number of methoxy groups -OCH3 is 1. The predicted octanol–water partition coefficient (Wildman–Crippen LogP) is 3.75. The summed E-state index contributed by atoms with van der Waals surface area (Å²) in [4.78, 5) is 24.5. The highest BCUT2D eigenvalue weighted by atomic mass is 32.2. The number of carbonyl (C=O) groups excluding carboxylic acids is 2. The van der Waals surface area contributed by atoms with Gasteiger partial charge in [0.15, 0.2) is 11.0 Å². The van der Waals surface area contributed by atoms with Gasteiger partial charge in [0.1, 0.15) is 5.75 Å². The molecule has 0 radical (unpaired) electrons. The lowest BCUT2D eigenvalue weighted by atomic mass is 10.1. The Balaban J connectivity index is 1.46. The van der Waals surface area contributed by atoms with Crippen molar-refractivity contribution in [2.24, 2.45) is 0 Å². The van der Waals surface area contributed by atoms with E-state index in [1.54, 1.807) is 31.4 Å². The fourth-order valence-electron chi connectivity index (χ4n) is 3.47. The number of para-hydroxylation sites is 1. The van der Waals surface area contributed by atoms with Crippen molar-refractivity contribution in [2.45, 2.75) is 18.1 Å². The SMILES string of the molecule is COc1ccccc1-c1nnc(SCC(=O)NNC(=O)c2ccccc2)n1CCc1ccccc1. The number of aromatic nitrogens is 3. The number of nitrogens with one attached hydrogen (secondary N) is 2. The molecule has 0 aliphatic heterocycles. The highest BCUT2D eigenvalue weighted by Gasteiger charge is 2.18. The maximum Gasteiger partial charge on any atom is 0.269 e. The lowest BCUT2D eigenvalue weighted by Gasteiger charge is -2.12. The average molecular weight is 488 g/mol. The first-order valence-corrected chi connectivity index (χ1v) is 12.0. The van der Waals surface area contributed by atoms with Crippen LogP contribution in [-0.2, 0) is 17.8 Å². The van der Waals surface area contributed by atoms with Gasteiger partial charge in [-0.15, -0.1) is 10.2 Å². The Morgan fingerprint density at radius 3 is 2.31 bits per heavy atom. The number of benzene rings is 3. The molecule has 0 aliphatic rings. The number of ether oxygens (including phenoxy) is 1. The number of nitrogens with zero attached hydrogens (tertiary/aromatic N) is 3. The van der Waals surface area contributed by atoms with Gasteiger partial charge in [0.25, 0.3) is 5.91 Å². The van der Waals surface area contributed by atoms with Crippen molar-refractivity contribution in [2.75, 3.05) is 12.9 Å². The maximum atomic E-state index is 12.4. The van der Waals surface area contributed by atoms with E-state index in [2.05, 4.69) is 33.2 Å². The summed E-state index contributed by atoms with van der Waals surface area (Å²) in [5, 5.41) is 9.36. The average Bonchev–Trinajstić information content (AvgIpc) is 3.32. The Hall–Kier alpha value is -4.11.